The highest BCUT2D eigenvalue weighted by Gasteiger charge is 2.41. The van der Waals surface area contributed by atoms with Crippen LogP contribution in [0.4, 0.5) is 0 Å². The molecule has 2 atom stereocenters. The van der Waals surface area contributed by atoms with Crippen LogP contribution in [-0.4, -0.2) is 39.7 Å². The van der Waals surface area contributed by atoms with Crippen molar-refractivity contribution in [3.8, 4) is 23.0 Å². The van der Waals surface area contributed by atoms with Gasteiger partial charge in [0.05, 0.1) is 33.2 Å². The van der Waals surface area contributed by atoms with Crippen LogP contribution in [0.25, 0.3) is 0 Å². The number of carbonyl (C=O) groups excluding carboxylic acids is 2. The number of carbonyl (C=O) groups is 2. The predicted molar refractivity (Wildman–Crippen MR) is 129 cm³/mol. The summed E-state index contributed by atoms with van der Waals surface area (Å²) in [5.74, 6) is 0.400. The smallest absolute Gasteiger partial charge is 0.310 e. The van der Waals surface area contributed by atoms with Gasteiger partial charge in [0.15, 0.2) is 28.8 Å². The molecule has 3 aromatic rings. The fraction of sp³-hybridized carbons (Fsp3) is 0.286. The Hall–Kier alpha value is -4.00. The van der Waals surface area contributed by atoms with E-state index < -0.39 is 11.8 Å². The largest absolute Gasteiger partial charge is 0.493 e. The van der Waals surface area contributed by atoms with Gasteiger partial charge in [0.1, 0.15) is 13.2 Å². The van der Waals surface area contributed by atoms with Crippen molar-refractivity contribution < 1.29 is 33.3 Å². The summed E-state index contributed by atoms with van der Waals surface area (Å²) in [6.07, 6.45) is 0.345. The number of rotatable bonds is 10. The number of ketones is 1. The molecule has 35 heavy (non-hydrogen) atoms. The third kappa shape index (κ3) is 5.40. The predicted octanol–water partition coefficient (Wildman–Crippen LogP) is 4.51. The maximum atomic E-state index is 13.3. The van der Waals surface area contributed by atoms with Gasteiger partial charge in [-0.05, 0) is 47.9 Å². The fourth-order valence-electron chi connectivity index (χ4n) is 4.19. The van der Waals surface area contributed by atoms with Gasteiger partial charge in [0.25, 0.3) is 0 Å². The summed E-state index contributed by atoms with van der Waals surface area (Å²) in [4.78, 5) is 25.8. The van der Waals surface area contributed by atoms with Crippen LogP contribution in [-0.2, 0) is 22.6 Å². The van der Waals surface area contributed by atoms with Crippen molar-refractivity contribution in [3.05, 3.63) is 83.4 Å². The lowest BCUT2D eigenvalue weighted by Gasteiger charge is -2.17. The second-order valence-corrected chi connectivity index (χ2v) is 8.24. The van der Waals surface area contributed by atoms with Gasteiger partial charge in [0, 0.05) is 5.56 Å². The molecule has 7 heteroatoms. The van der Waals surface area contributed by atoms with E-state index in [1.807, 2.05) is 48.5 Å². The van der Waals surface area contributed by atoms with E-state index in [1.54, 1.807) is 25.3 Å². The SMILES string of the molecule is COc1ccc(C(=O)[C@@H]2COC(=O)[C@H]2Cc2ccc(OCc3ccccc3)c(OC)c2)cc1OC. The van der Waals surface area contributed by atoms with E-state index in [2.05, 4.69) is 0 Å². The van der Waals surface area contributed by atoms with Gasteiger partial charge in [-0.15, -0.1) is 0 Å². The minimum Gasteiger partial charge on any atom is -0.493 e. The Morgan fingerprint density at radius 2 is 1.51 bits per heavy atom. The average Bonchev–Trinajstić information content (AvgIpc) is 3.27. The zero-order valence-corrected chi connectivity index (χ0v) is 20.0. The van der Waals surface area contributed by atoms with Crippen molar-refractivity contribution in [3.63, 3.8) is 0 Å². The molecule has 182 valence electrons. The van der Waals surface area contributed by atoms with Crippen LogP contribution in [0, 0.1) is 11.8 Å². The van der Waals surface area contributed by atoms with Gasteiger partial charge in [-0.1, -0.05) is 36.4 Å². The molecule has 0 N–H and O–H groups in total. The molecule has 0 spiro atoms. The summed E-state index contributed by atoms with van der Waals surface area (Å²) < 4.78 is 27.3. The van der Waals surface area contributed by atoms with E-state index in [-0.39, 0.29) is 18.4 Å². The van der Waals surface area contributed by atoms with E-state index in [0.717, 1.165) is 11.1 Å². The molecule has 3 aromatic carbocycles. The van der Waals surface area contributed by atoms with Crippen LogP contribution in [0.15, 0.2) is 66.7 Å². The number of methoxy groups -OCH3 is 3. The monoisotopic (exact) mass is 476 g/mol. The van der Waals surface area contributed by atoms with E-state index >= 15 is 0 Å². The van der Waals surface area contributed by atoms with E-state index in [9.17, 15) is 9.59 Å². The van der Waals surface area contributed by atoms with Gasteiger partial charge < -0.3 is 23.7 Å². The third-order valence-corrected chi connectivity index (χ3v) is 6.12. The Balaban J connectivity index is 1.50. The molecule has 1 saturated heterocycles. The van der Waals surface area contributed by atoms with Gasteiger partial charge in [-0.3, -0.25) is 9.59 Å². The zero-order valence-electron chi connectivity index (χ0n) is 20.0. The van der Waals surface area contributed by atoms with Crippen LogP contribution in [0.3, 0.4) is 0 Å². The second kappa shape index (κ2) is 11.0. The number of esters is 1. The maximum Gasteiger partial charge on any atom is 0.310 e. The topological polar surface area (TPSA) is 80.3 Å². The highest BCUT2D eigenvalue weighted by atomic mass is 16.5. The normalized spacial score (nSPS) is 16.9. The van der Waals surface area contributed by atoms with E-state index in [1.165, 1.54) is 14.2 Å². The molecule has 0 radical (unpaired) electrons. The quantitative estimate of drug-likeness (QED) is 0.315. The summed E-state index contributed by atoms with van der Waals surface area (Å²) in [7, 11) is 4.62. The van der Waals surface area contributed by atoms with Gasteiger partial charge >= 0.3 is 5.97 Å². The Labute approximate surface area is 204 Å². The average molecular weight is 477 g/mol. The number of benzene rings is 3. The number of Topliss-reactive ketones (excluding diaryl/α,β-unsaturated/α-hetero) is 1. The van der Waals surface area contributed by atoms with Gasteiger partial charge in [-0.2, -0.15) is 0 Å². The maximum absolute atomic E-state index is 13.3. The fourth-order valence-corrected chi connectivity index (χ4v) is 4.19. The number of hydrogen-bond donors (Lipinski definition) is 0. The Morgan fingerprint density at radius 3 is 2.23 bits per heavy atom. The summed E-state index contributed by atoms with van der Waals surface area (Å²) in [6, 6.07) is 20.4. The van der Waals surface area contributed by atoms with Crippen LogP contribution in [0.5, 0.6) is 23.0 Å². The van der Waals surface area contributed by atoms with E-state index in [4.69, 9.17) is 23.7 Å². The lowest BCUT2D eigenvalue weighted by Crippen LogP contribution is -2.26. The standard InChI is InChI=1S/C28H28O7/c1-31-23-12-10-20(15-26(23)33-3)27(29)22-17-35-28(30)21(22)13-19-9-11-24(25(14-19)32-2)34-16-18-7-5-4-6-8-18/h4-12,14-15,21-22H,13,16-17H2,1-3H3/t21-,22+/m0/s1. The molecule has 1 fully saturated rings. The van der Waals surface area contributed by atoms with E-state index in [0.29, 0.717) is 41.6 Å². The lowest BCUT2D eigenvalue weighted by atomic mass is 9.84. The first-order valence-electron chi connectivity index (χ1n) is 11.3. The molecule has 0 amide bonds. The summed E-state index contributed by atoms with van der Waals surface area (Å²) >= 11 is 0. The highest BCUT2D eigenvalue weighted by Crippen LogP contribution is 2.35. The first-order chi connectivity index (χ1) is 17.0. The molecule has 0 bridgehead atoms. The Morgan fingerprint density at radius 1 is 0.829 bits per heavy atom. The van der Waals surface area contributed by atoms with Crippen LogP contribution < -0.4 is 18.9 Å². The molecule has 1 heterocycles. The van der Waals surface area contributed by atoms with Crippen molar-refractivity contribution in [1.82, 2.24) is 0 Å². The lowest BCUT2D eigenvalue weighted by molar-refractivity contribution is -0.141. The highest BCUT2D eigenvalue weighted by molar-refractivity contribution is 6.01. The van der Waals surface area contributed by atoms with Crippen LogP contribution in [0.1, 0.15) is 21.5 Å². The minimum atomic E-state index is -0.601. The zero-order chi connectivity index (χ0) is 24.8. The molecule has 0 aliphatic carbocycles. The molecule has 7 nitrogen and oxygen atoms in total. The van der Waals surface area contributed by atoms with Crippen molar-refractivity contribution in [1.29, 1.82) is 0 Å². The third-order valence-electron chi connectivity index (χ3n) is 6.12. The van der Waals surface area contributed by atoms with Gasteiger partial charge in [-0.25, -0.2) is 0 Å². The molecule has 0 saturated carbocycles. The molecule has 0 unspecified atom stereocenters. The summed E-state index contributed by atoms with van der Waals surface area (Å²) in [5, 5.41) is 0. The van der Waals surface area contributed by atoms with Crippen LogP contribution >= 0.6 is 0 Å². The van der Waals surface area contributed by atoms with Crippen molar-refractivity contribution >= 4 is 11.8 Å². The molecular formula is C28H28O7. The molecule has 4 rings (SSSR count). The number of hydrogen-bond acceptors (Lipinski definition) is 7. The van der Waals surface area contributed by atoms with Crippen molar-refractivity contribution in [2.45, 2.75) is 13.0 Å². The first kappa shape index (κ1) is 24.1. The summed E-state index contributed by atoms with van der Waals surface area (Å²) in [5.41, 5.74) is 2.34. The first-order valence-corrected chi connectivity index (χ1v) is 11.3. The Kier molecular flexibility index (Phi) is 7.55. The van der Waals surface area contributed by atoms with Crippen molar-refractivity contribution in [2.75, 3.05) is 27.9 Å². The minimum absolute atomic E-state index is 0.0477. The van der Waals surface area contributed by atoms with Crippen molar-refractivity contribution in [2.24, 2.45) is 11.8 Å². The number of ether oxygens (including phenoxy) is 5. The second-order valence-electron chi connectivity index (χ2n) is 8.24. The summed E-state index contributed by atoms with van der Waals surface area (Å²) in [6.45, 7) is 0.458. The molecule has 1 aliphatic heterocycles. The van der Waals surface area contributed by atoms with Gasteiger partial charge in [0.2, 0.25) is 0 Å². The molecular weight excluding hydrogens is 448 g/mol. The molecule has 0 aromatic heterocycles. The Bertz CT molecular complexity index is 1190. The number of cyclic esters (lactones) is 1. The van der Waals surface area contributed by atoms with Crippen LogP contribution in [0.2, 0.25) is 0 Å². The molecule has 1 aliphatic rings.